The SMILES string of the molecule is CNCCCC(=O)N(C)C(C)c1ccccc1.Cl. The van der Waals surface area contributed by atoms with Crippen LogP contribution in [-0.4, -0.2) is 31.4 Å². The Kier molecular flexibility index (Phi) is 8.42. The molecule has 0 spiro atoms. The second kappa shape index (κ2) is 8.95. The van der Waals surface area contributed by atoms with Gasteiger partial charge in [-0.1, -0.05) is 30.3 Å². The molecule has 0 saturated carbocycles. The average molecular weight is 271 g/mol. The lowest BCUT2D eigenvalue weighted by Gasteiger charge is -2.25. The molecule has 102 valence electrons. The zero-order chi connectivity index (χ0) is 12.7. The van der Waals surface area contributed by atoms with Gasteiger partial charge in [0.15, 0.2) is 0 Å². The predicted molar refractivity (Wildman–Crippen MR) is 78.0 cm³/mol. The molecule has 0 aliphatic carbocycles. The van der Waals surface area contributed by atoms with Gasteiger partial charge in [-0.3, -0.25) is 4.79 Å². The number of carbonyl (C=O) groups is 1. The fraction of sp³-hybridized carbons (Fsp3) is 0.500. The van der Waals surface area contributed by atoms with Gasteiger partial charge in [0.05, 0.1) is 6.04 Å². The topological polar surface area (TPSA) is 32.3 Å². The molecule has 1 aromatic rings. The van der Waals surface area contributed by atoms with E-state index in [-0.39, 0.29) is 24.4 Å². The molecule has 18 heavy (non-hydrogen) atoms. The van der Waals surface area contributed by atoms with Gasteiger partial charge in [0, 0.05) is 13.5 Å². The summed E-state index contributed by atoms with van der Waals surface area (Å²) < 4.78 is 0. The van der Waals surface area contributed by atoms with E-state index in [4.69, 9.17) is 0 Å². The highest BCUT2D eigenvalue weighted by molar-refractivity contribution is 5.85. The number of amides is 1. The molecule has 0 aliphatic rings. The summed E-state index contributed by atoms with van der Waals surface area (Å²) in [5.41, 5.74) is 1.18. The van der Waals surface area contributed by atoms with Gasteiger partial charge in [-0.2, -0.15) is 0 Å². The van der Waals surface area contributed by atoms with Crippen molar-refractivity contribution in [2.24, 2.45) is 0 Å². The fourth-order valence-electron chi connectivity index (χ4n) is 1.76. The van der Waals surface area contributed by atoms with Crippen LogP contribution in [0.15, 0.2) is 30.3 Å². The first-order valence-corrected chi connectivity index (χ1v) is 6.12. The van der Waals surface area contributed by atoms with Crippen LogP contribution in [0, 0.1) is 0 Å². The maximum absolute atomic E-state index is 11.9. The zero-order valence-corrected chi connectivity index (χ0v) is 12.2. The maximum atomic E-state index is 11.9. The third-order valence-corrected chi connectivity index (χ3v) is 3.07. The third-order valence-electron chi connectivity index (χ3n) is 3.07. The van der Waals surface area contributed by atoms with Crippen molar-refractivity contribution in [1.29, 1.82) is 0 Å². The first kappa shape index (κ1) is 16.9. The van der Waals surface area contributed by atoms with Crippen LogP contribution in [0.1, 0.15) is 31.4 Å². The number of hydrogen-bond donors (Lipinski definition) is 1. The molecule has 0 heterocycles. The van der Waals surface area contributed by atoms with Crippen molar-refractivity contribution in [2.45, 2.75) is 25.8 Å². The zero-order valence-electron chi connectivity index (χ0n) is 11.3. The van der Waals surface area contributed by atoms with Crippen LogP contribution in [-0.2, 0) is 4.79 Å². The molecule has 0 saturated heterocycles. The maximum Gasteiger partial charge on any atom is 0.222 e. The van der Waals surface area contributed by atoms with Crippen molar-refractivity contribution in [3.8, 4) is 0 Å². The van der Waals surface area contributed by atoms with E-state index < -0.39 is 0 Å². The highest BCUT2D eigenvalue weighted by Gasteiger charge is 2.16. The standard InChI is InChI=1S/C14H22N2O.ClH/c1-12(13-8-5-4-6-9-13)16(3)14(17)10-7-11-15-2;/h4-6,8-9,12,15H,7,10-11H2,1-3H3;1H. The molecule has 1 N–H and O–H groups in total. The van der Waals surface area contributed by atoms with Crippen molar-refractivity contribution in [3.05, 3.63) is 35.9 Å². The van der Waals surface area contributed by atoms with Crippen LogP contribution in [0.5, 0.6) is 0 Å². The molecule has 0 aromatic heterocycles. The Morgan fingerprint density at radius 2 is 1.94 bits per heavy atom. The van der Waals surface area contributed by atoms with Crippen LogP contribution in [0.4, 0.5) is 0 Å². The Hall–Kier alpha value is -1.06. The molecular weight excluding hydrogens is 248 g/mol. The van der Waals surface area contributed by atoms with Gasteiger partial charge in [-0.05, 0) is 32.5 Å². The van der Waals surface area contributed by atoms with Gasteiger partial charge in [0.1, 0.15) is 0 Å². The number of carbonyl (C=O) groups excluding carboxylic acids is 1. The van der Waals surface area contributed by atoms with Gasteiger partial charge >= 0.3 is 0 Å². The summed E-state index contributed by atoms with van der Waals surface area (Å²) in [7, 11) is 3.78. The Balaban J connectivity index is 0.00000289. The van der Waals surface area contributed by atoms with Gasteiger partial charge < -0.3 is 10.2 Å². The Morgan fingerprint density at radius 3 is 2.50 bits per heavy atom. The number of benzene rings is 1. The summed E-state index contributed by atoms with van der Waals surface area (Å²) in [6.07, 6.45) is 1.50. The summed E-state index contributed by atoms with van der Waals surface area (Å²) >= 11 is 0. The molecule has 3 nitrogen and oxygen atoms in total. The van der Waals surface area contributed by atoms with Crippen LogP contribution < -0.4 is 5.32 Å². The van der Waals surface area contributed by atoms with Crippen molar-refractivity contribution >= 4 is 18.3 Å². The van der Waals surface area contributed by atoms with Gasteiger partial charge in [0.25, 0.3) is 0 Å². The van der Waals surface area contributed by atoms with Crippen LogP contribution in [0.2, 0.25) is 0 Å². The minimum Gasteiger partial charge on any atom is -0.339 e. The number of rotatable bonds is 6. The van der Waals surface area contributed by atoms with Gasteiger partial charge in [-0.25, -0.2) is 0 Å². The molecule has 0 fully saturated rings. The number of hydrogen-bond acceptors (Lipinski definition) is 2. The summed E-state index contributed by atoms with van der Waals surface area (Å²) in [5, 5.41) is 3.05. The first-order chi connectivity index (χ1) is 8.16. The van der Waals surface area contributed by atoms with E-state index in [9.17, 15) is 4.79 Å². The summed E-state index contributed by atoms with van der Waals surface area (Å²) in [6.45, 7) is 2.95. The van der Waals surface area contributed by atoms with Crippen molar-refractivity contribution in [3.63, 3.8) is 0 Å². The Morgan fingerprint density at radius 1 is 1.33 bits per heavy atom. The highest BCUT2D eigenvalue weighted by Crippen LogP contribution is 2.18. The van der Waals surface area contributed by atoms with Crippen LogP contribution >= 0.6 is 12.4 Å². The number of halogens is 1. The largest absolute Gasteiger partial charge is 0.339 e. The average Bonchev–Trinajstić information content (AvgIpc) is 2.38. The lowest BCUT2D eigenvalue weighted by Crippen LogP contribution is -2.30. The van der Waals surface area contributed by atoms with Gasteiger partial charge in [-0.15, -0.1) is 12.4 Å². The molecule has 0 radical (unpaired) electrons. The van der Waals surface area contributed by atoms with Crippen molar-refractivity contribution in [2.75, 3.05) is 20.6 Å². The molecule has 4 heteroatoms. The normalized spacial score (nSPS) is 11.5. The second-order valence-corrected chi connectivity index (χ2v) is 4.30. The molecule has 1 unspecified atom stereocenters. The second-order valence-electron chi connectivity index (χ2n) is 4.30. The minimum absolute atomic E-state index is 0. The molecule has 1 rings (SSSR count). The first-order valence-electron chi connectivity index (χ1n) is 6.12. The smallest absolute Gasteiger partial charge is 0.222 e. The minimum atomic E-state index is 0. The third kappa shape index (κ3) is 5.07. The molecule has 1 aromatic carbocycles. The van der Waals surface area contributed by atoms with E-state index in [1.165, 1.54) is 5.56 Å². The quantitative estimate of drug-likeness (QED) is 0.806. The number of nitrogens with zero attached hydrogens (tertiary/aromatic N) is 1. The molecule has 0 bridgehead atoms. The molecule has 1 atom stereocenters. The van der Waals surface area contributed by atoms with Crippen molar-refractivity contribution < 1.29 is 4.79 Å². The monoisotopic (exact) mass is 270 g/mol. The Bertz CT molecular complexity index is 343. The highest BCUT2D eigenvalue weighted by atomic mass is 35.5. The lowest BCUT2D eigenvalue weighted by molar-refractivity contribution is -0.131. The van der Waals surface area contributed by atoms with Gasteiger partial charge in [0.2, 0.25) is 5.91 Å². The molecule has 1 amide bonds. The van der Waals surface area contributed by atoms with E-state index in [1.807, 2.05) is 37.2 Å². The van der Waals surface area contributed by atoms with Crippen LogP contribution in [0.3, 0.4) is 0 Å². The predicted octanol–water partition coefficient (Wildman–Crippen LogP) is 2.63. The van der Waals surface area contributed by atoms with Crippen LogP contribution in [0.25, 0.3) is 0 Å². The lowest BCUT2D eigenvalue weighted by atomic mass is 10.1. The fourth-order valence-corrected chi connectivity index (χ4v) is 1.76. The summed E-state index contributed by atoms with van der Waals surface area (Å²) in [6, 6.07) is 10.3. The molecular formula is C14H23ClN2O. The van der Waals surface area contributed by atoms with E-state index >= 15 is 0 Å². The number of nitrogens with one attached hydrogen (secondary N) is 1. The van der Waals surface area contributed by atoms with E-state index in [0.717, 1.165) is 13.0 Å². The van der Waals surface area contributed by atoms with Crippen molar-refractivity contribution in [1.82, 2.24) is 10.2 Å². The van der Waals surface area contributed by atoms with E-state index in [1.54, 1.807) is 0 Å². The molecule has 0 aliphatic heterocycles. The Labute approximate surface area is 116 Å². The summed E-state index contributed by atoms with van der Waals surface area (Å²) in [4.78, 5) is 13.8. The van der Waals surface area contributed by atoms with E-state index in [0.29, 0.717) is 6.42 Å². The summed E-state index contributed by atoms with van der Waals surface area (Å²) in [5.74, 6) is 0.205. The van der Waals surface area contributed by atoms with E-state index in [2.05, 4.69) is 24.4 Å².